The van der Waals surface area contributed by atoms with Gasteiger partial charge in [0.2, 0.25) is 0 Å². The molecule has 1 heterocycles. The van der Waals surface area contributed by atoms with Gasteiger partial charge in [-0.2, -0.15) is 5.10 Å². The van der Waals surface area contributed by atoms with E-state index in [-0.39, 0.29) is 5.82 Å². The molecular formula is C13H15FN2O. The Balaban J connectivity index is 1.87. The van der Waals surface area contributed by atoms with Crippen LogP contribution in [0.15, 0.2) is 30.3 Å². The molecule has 0 aliphatic rings. The summed E-state index contributed by atoms with van der Waals surface area (Å²) in [4.78, 5) is 0. The first-order valence-corrected chi connectivity index (χ1v) is 5.54. The maximum absolute atomic E-state index is 12.7. The number of nitrogens with zero attached hydrogens (tertiary/aromatic N) is 2. The van der Waals surface area contributed by atoms with Crippen LogP contribution in [0.25, 0.3) is 0 Å². The van der Waals surface area contributed by atoms with Gasteiger partial charge in [-0.25, -0.2) is 4.39 Å². The van der Waals surface area contributed by atoms with Crippen LogP contribution in [-0.4, -0.2) is 16.4 Å². The molecule has 0 N–H and O–H groups in total. The molecule has 0 spiro atoms. The van der Waals surface area contributed by atoms with Crippen LogP contribution in [-0.2, 0) is 6.54 Å². The van der Waals surface area contributed by atoms with Crippen molar-refractivity contribution in [1.29, 1.82) is 0 Å². The van der Waals surface area contributed by atoms with E-state index < -0.39 is 0 Å². The Morgan fingerprint density at radius 3 is 2.53 bits per heavy atom. The summed E-state index contributed by atoms with van der Waals surface area (Å²) < 4.78 is 20.1. The second kappa shape index (κ2) is 4.99. The fourth-order valence-corrected chi connectivity index (χ4v) is 1.68. The number of hydrogen-bond acceptors (Lipinski definition) is 2. The maximum Gasteiger partial charge on any atom is 0.123 e. The molecule has 17 heavy (non-hydrogen) atoms. The number of aromatic nitrogens is 2. The fourth-order valence-electron chi connectivity index (χ4n) is 1.68. The molecule has 0 fully saturated rings. The topological polar surface area (TPSA) is 27.1 Å². The van der Waals surface area contributed by atoms with Gasteiger partial charge in [-0.15, -0.1) is 0 Å². The van der Waals surface area contributed by atoms with Gasteiger partial charge in [0.05, 0.1) is 12.2 Å². The van der Waals surface area contributed by atoms with E-state index in [4.69, 9.17) is 4.74 Å². The Kier molecular flexibility index (Phi) is 3.42. The third-order valence-electron chi connectivity index (χ3n) is 2.49. The summed E-state index contributed by atoms with van der Waals surface area (Å²) in [7, 11) is 0. The van der Waals surface area contributed by atoms with Gasteiger partial charge in [-0.1, -0.05) is 0 Å². The van der Waals surface area contributed by atoms with Gasteiger partial charge in [0, 0.05) is 5.69 Å². The Bertz CT molecular complexity index is 491. The van der Waals surface area contributed by atoms with E-state index in [0.717, 1.165) is 11.4 Å². The molecule has 1 aromatic carbocycles. The van der Waals surface area contributed by atoms with E-state index in [1.165, 1.54) is 12.1 Å². The predicted molar refractivity (Wildman–Crippen MR) is 63.6 cm³/mol. The number of halogens is 1. The first kappa shape index (κ1) is 11.6. The van der Waals surface area contributed by atoms with Crippen molar-refractivity contribution in [3.63, 3.8) is 0 Å². The molecule has 0 unspecified atom stereocenters. The third-order valence-corrected chi connectivity index (χ3v) is 2.49. The smallest absolute Gasteiger partial charge is 0.123 e. The summed E-state index contributed by atoms with van der Waals surface area (Å²) in [5.41, 5.74) is 2.12. The SMILES string of the molecule is Cc1cc(C)n(CCOc2ccc(F)cc2)n1. The molecule has 1 aromatic heterocycles. The summed E-state index contributed by atoms with van der Waals surface area (Å²) in [5, 5.41) is 4.33. The van der Waals surface area contributed by atoms with Crippen molar-refractivity contribution in [2.75, 3.05) is 6.61 Å². The first-order valence-electron chi connectivity index (χ1n) is 5.54. The standard InChI is InChI=1S/C13H15FN2O/c1-10-9-11(2)16(15-10)7-8-17-13-5-3-12(14)4-6-13/h3-6,9H,7-8H2,1-2H3. The Hall–Kier alpha value is -1.84. The van der Waals surface area contributed by atoms with Crippen molar-refractivity contribution in [1.82, 2.24) is 9.78 Å². The monoisotopic (exact) mass is 234 g/mol. The molecule has 0 atom stereocenters. The molecule has 0 aliphatic heterocycles. The second-order valence-electron chi connectivity index (χ2n) is 3.95. The van der Waals surface area contributed by atoms with Crippen molar-refractivity contribution < 1.29 is 9.13 Å². The number of benzene rings is 1. The predicted octanol–water partition coefficient (Wildman–Crippen LogP) is 2.72. The Morgan fingerprint density at radius 2 is 1.94 bits per heavy atom. The number of ether oxygens (including phenoxy) is 1. The molecule has 0 aliphatic carbocycles. The summed E-state index contributed by atoms with van der Waals surface area (Å²) in [6, 6.07) is 8.04. The van der Waals surface area contributed by atoms with Crippen LogP contribution in [0, 0.1) is 19.7 Å². The fraction of sp³-hybridized carbons (Fsp3) is 0.308. The van der Waals surface area contributed by atoms with Crippen LogP contribution in [0.3, 0.4) is 0 Å². The molecule has 2 rings (SSSR count). The lowest BCUT2D eigenvalue weighted by molar-refractivity contribution is 0.289. The van der Waals surface area contributed by atoms with Crippen LogP contribution in [0.4, 0.5) is 4.39 Å². The third kappa shape index (κ3) is 3.06. The molecule has 0 radical (unpaired) electrons. The van der Waals surface area contributed by atoms with Crippen LogP contribution >= 0.6 is 0 Å². The van der Waals surface area contributed by atoms with Crippen LogP contribution < -0.4 is 4.74 Å². The molecule has 0 saturated carbocycles. The van der Waals surface area contributed by atoms with Crippen LogP contribution in [0.1, 0.15) is 11.4 Å². The Morgan fingerprint density at radius 1 is 1.24 bits per heavy atom. The van der Waals surface area contributed by atoms with E-state index in [1.54, 1.807) is 12.1 Å². The van der Waals surface area contributed by atoms with Gasteiger partial charge in [0.15, 0.2) is 0 Å². The molecule has 2 aromatic rings. The quantitative estimate of drug-likeness (QED) is 0.813. The number of hydrogen-bond donors (Lipinski definition) is 0. The maximum atomic E-state index is 12.7. The number of rotatable bonds is 4. The van der Waals surface area contributed by atoms with Crippen molar-refractivity contribution in [2.24, 2.45) is 0 Å². The molecular weight excluding hydrogens is 219 g/mol. The molecule has 0 amide bonds. The lowest BCUT2D eigenvalue weighted by Crippen LogP contribution is -2.10. The van der Waals surface area contributed by atoms with Crippen molar-refractivity contribution in [3.8, 4) is 5.75 Å². The highest BCUT2D eigenvalue weighted by Gasteiger charge is 2.01. The van der Waals surface area contributed by atoms with Gasteiger partial charge in [-0.3, -0.25) is 4.68 Å². The zero-order valence-corrected chi connectivity index (χ0v) is 9.98. The lowest BCUT2D eigenvalue weighted by Gasteiger charge is -2.07. The average molecular weight is 234 g/mol. The minimum absolute atomic E-state index is 0.254. The molecule has 90 valence electrons. The van der Waals surface area contributed by atoms with E-state index in [1.807, 2.05) is 24.6 Å². The van der Waals surface area contributed by atoms with Gasteiger partial charge in [0.1, 0.15) is 18.2 Å². The molecule has 0 saturated heterocycles. The van der Waals surface area contributed by atoms with Crippen molar-refractivity contribution >= 4 is 0 Å². The minimum Gasteiger partial charge on any atom is -0.492 e. The van der Waals surface area contributed by atoms with Gasteiger partial charge < -0.3 is 4.74 Å². The summed E-state index contributed by atoms with van der Waals surface area (Å²) >= 11 is 0. The average Bonchev–Trinajstić information content (AvgIpc) is 2.60. The zero-order valence-electron chi connectivity index (χ0n) is 9.98. The summed E-state index contributed by atoms with van der Waals surface area (Å²) in [6.07, 6.45) is 0. The van der Waals surface area contributed by atoms with Crippen molar-refractivity contribution in [2.45, 2.75) is 20.4 Å². The highest BCUT2D eigenvalue weighted by atomic mass is 19.1. The van der Waals surface area contributed by atoms with Crippen LogP contribution in [0.2, 0.25) is 0 Å². The molecule has 4 heteroatoms. The van der Waals surface area contributed by atoms with Gasteiger partial charge in [-0.05, 0) is 44.2 Å². The number of aryl methyl sites for hydroxylation is 2. The second-order valence-corrected chi connectivity index (χ2v) is 3.95. The van der Waals surface area contributed by atoms with Gasteiger partial charge in [0.25, 0.3) is 0 Å². The lowest BCUT2D eigenvalue weighted by atomic mass is 10.3. The van der Waals surface area contributed by atoms with E-state index in [9.17, 15) is 4.39 Å². The normalized spacial score (nSPS) is 10.5. The molecule has 3 nitrogen and oxygen atoms in total. The molecule has 0 bridgehead atoms. The minimum atomic E-state index is -0.254. The van der Waals surface area contributed by atoms with E-state index in [2.05, 4.69) is 5.10 Å². The Labute approximate surface area is 99.8 Å². The highest BCUT2D eigenvalue weighted by Crippen LogP contribution is 2.11. The van der Waals surface area contributed by atoms with E-state index >= 15 is 0 Å². The van der Waals surface area contributed by atoms with Crippen molar-refractivity contribution in [3.05, 3.63) is 47.5 Å². The summed E-state index contributed by atoms with van der Waals surface area (Å²) in [6.45, 7) is 5.19. The van der Waals surface area contributed by atoms with Gasteiger partial charge >= 0.3 is 0 Å². The summed E-state index contributed by atoms with van der Waals surface area (Å²) in [5.74, 6) is 0.420. The van der Waals surface area contributed by atoms with E-state index in [0.29, 0.717) is 18.9 Å². The largest absolute Gasteiger partial charge is 0.492 e. The van der Waals surface area contributed by atoms with Crippen LogP contribution in [0.5, 0.6) is 5.75 Å². The highest BCUT2D eigenvalue weighted by molar-refractivity contribution is 5.21. The zero-order chi connectivity index (χ0) is 12.3. The first-order chi connectivity index (χ1) is 8.15.